The molecule has 1 unspecified atom stereocenters. The Balaban J connectivity index is 2.45. The van der Waals surface area contributed by atoms with Crippen molar-refractivity contribution >= 4 is 17.6 Å². The van der Waals surface area contributed by atoms with Gasteiger partial charge >= 0.3 is 5.97 Å². The summed E-state index contributed by atoms with van der Waals surface area (Å²) < 4.78 is 10.6. The Morgan fingerprint density at radius 3 is 2.81 bits per heavy atom. The van der Waals surface area contributed by atoms with Gasteiger partial charge in [0.1, 0.15) is 19.3 Å². The molecule has 1 aliphatic heterocycles. The van der Waals surface area contributed by atoms with Gasteiger partial charge < -0.3 is 20.3 Å². The van der Waals surface area contributed by atoms with Gasteiger partial charge in [-0.25, -0.2) is 0 Å². The molecule has 0 aromatic heterocycles. The molecular formula is C10H10ClNO4. The lowest BCUT2D eigenvalue weighted by Crippen LogP contribution is -2.22. The third-order valence-corrected chi connectivity index (χ3v) is 2.67. The molecular weight excluding hydrogens is 234 g/mol. The summed E-state index contributed by atoms with van der Waals surface area (Å²) in [4.78, 5) is 10.8. The number of aliphatic carboxylic acids is 1. The van der Waals surface area contributed by atoms with E-state index in [2.05, 4.69) is 0 Å². The molecule has 86 valence electrons. The van der Waals surface area contributed by atoms with E-state index in [-0.39, 0.29) is 5.02 Å². The molecule has 5 nitrogen and oxygen atoms in total. The van der Waals surface area contributed by atoms with Crippen molar-refractivity contribution in [3.8, 4) is 11.5 Å². The lowest BCUT2D eigenvalue weighted by Gasteiger charge is -2.21. The van der Waals surface area contributed by atoms with Crippen LogP contribution in [0.4, 0.5) is 0 Å². The minimum absolute atomic E-state index is 0.201. The van der Waals surface area contributed by atoms with Crippen LogP contribution in [0, 0.1) is 0 Å². The van der Waals surface area contributed by atoms with E-state index in [0.717, 1.165) is 0 Å². The van der Waals surface area contributed by atoms with E-state index in [4.69, 9.17) is 31.9 Å². The third-order valence-electron chi connectivity index (χ3n) is 2.28. The summed E-state index contributed by atoms with van der Waals surface area (Å²) in [5, 5.41) is 9.01. The Bertz CT molecular complexity index is 435. The topological polar surface area (TPSA) is 81.8 Å². The molecule has 0 saturated carbocycles. The largest absolute Gasteiger partial charge is 0.486 e. The van der Waals surface area contributed by atoms with Crippen LogP contribution in [-0.4, -0.2) is 24.3 Å². The molecule has 0 radical (unpaired) electrons. The molecule has 0 bridgehead atoms. The Kier molecular flexibility index (Phi) is 2.89. The maximum absolute atomic E-state index is 10.8. The predicted octanol–water partition coefficient (Wildman–Crippen LogP) is 1.20. The SMILES string of the molecule is NC(C(=O)O)c1ccc2c(c1Cl)OCCO2. The first-order chi connectivity index (χ1) is 7.61. The van der Waals surface area contributed by atoms with Gasteiger partial charge in [-0.2, -0.15) is 0 Å². The molecule has 0 aliphatic carbocycles. The zero-order chi connectivity index (χ0) is 11.7. The van der Waals surface area contributed by atoms with E-state index in [9.17, 15) is 4.79 Å². The molecule has 0 fully saturated rings. The number of nitrogens with two attached hydrogens (primary N) is 1. The van der Waals surface area contributed by atoms with Crippen LogP contribution in [0.3, 0.4) is 0 Å². The average Bonchev–Trinajstić information content (AvgIpc) is 2.29. The quantitative estimate of drug-likeness (QED) is 0.816. The van der Waals surface area contributed by atoms with Gasteiger partial charge in [0.05, 0.1) is 5.02 Å². The Morgan fingerprint density at radius 2 is 2.12 bits per heavy atom. The van der Waals surface area contributed by atoms with Crippen LogP contribution in [0.2, 0.25) is 5.02 Å². The molecule has 2 rings (SSSR count). The van der Waals surface area contributed by atoms with E-state index in [1.165, 1.54) is 6.07 Å². The molecule has 1 aromatic rings. The number of carboxylic acid groups (broad SMARTS) is 1. The second-order valence-corrected chi connectivity index (χ2v) is 3.69. The molecule has 1 aromatic carbocycles. The number of halogens is 1. The fourth-order valence-electron chi connectivity index (χ4n) is 1.47. The summed E-state index contributed by atoms with van der Waals surface area (Å²) in [6, 6.07) is 1.98. The van der Waals surface area contributed by atoms with Gasteiger partial charge in [-0.1, -0.05) is 17.7 Å². The smallest absolute Gasteiger partial charge is 0.325 e. The fourth-order valence-corrected chi connectivity index (χ4v) is 1.80. The number of hydrogen-bond donors (Lipinski definition) is 2. The van der Waals surface area contributed by atoms with Gasteiger partial charge in [0.15, 0.2) is 11.5 Å². The van der Waals surface area contributed by atoms with E-state index < -0.39 is 12.0 Å². The summed E-state index contributed by atoms with van der Waals surface area (Å²) in [7, 11) is 0. The summed E-state index contributed by atoms with van der Waals surface area (Å²) in [5.41, 5.74) is 5.81. The van der Waals surface area contributed by atoms with E-state index >= 15 is 0 Å². The van der Waals surface area contributed by atoms with Crippen LogP contribution in [0.25, 0.3) is 0 Å². The number of fused-ring (bicyclic) bond motifs is 1. The highest BCUT2D eigenvalue weighted by molar-refractivity contribution is 6.33. The molecule has 1 atom stereocenters. The van der Waals surface area contributed by atoms with Crippen LogP contribution in [0.15, 0.2) is 12.1 Å². The van der Waals surface area contributed by atoms with Crippen molar-refractivity contribution in [2.75, 3.05) is 13.2 Å². The lowest BCUT2D eigenvalue weighted by molar-refractivity contribution is -0.138. The normalized spacial score (nSPS) is 15.6. The first kappa shape index (κ1) is 11.0. The van der Waals surface area contributed by atoms with Crippen molar-refractivity contribution in [1.29, 1.82) is 0 Å². The zero-order valence-corrected chi connectivity index (χ0v) is 9.03. The van der Waals surface area contributed by atoms with Crippen LogP contribution in [0.1, 0.15) is 11.6 Å². The first-order valence-corrected chi connectivity index (χ1v) is 5.05. The second-order valence-electron chi connectivity index (χ2n) is 3.31. The number of carbonyl (C=O) groups is 1. The summed E-state index contributed by atoms with van der Waals surface area (Å²) >= 11 is 6.02. The van der Waals surface area contributed by atoms with Crippen LogP contribution in [-0.2, 0) is 4.79 Å². The second kappa shape index (κ2) is 4.19. The van der Waals surface area contributed by atoms with Crippen molar-refractivity contribution in [2.24, 2.45) is 5.73 Å². The summed E-state index contributed by atoms with van der Waals surface area (Å²) in [6.45, 7) is 0.839. The highest BCUT2D eigenvalue weighted by Gasteiger charge is 2.24. The number of ether oxygens (including phenoxy) is 2. The van der Waals surface area contributed by atoms with Gasteiger partial charge in [-0.3, -0.25) is 4.79 Å². The third kappa shape index (κ3) is 1.79. The molecule has 0 spiro atoms. The van der Waals surface area contributed by atoms with Crippen molar-refractivity contribution in [3.63, 3.8) is 0 Å². The van der Waals surface area contributed by atoms with E-state index in [1.807, 2.05) is 0 Å². The Morgan fingerprint density at radius 1 is 1.44 bits per heavy atom. The Hall–Kier alpha value is -1.46. The Labute approximate surface area is 96.7 Å². The molecule has 1 aliphatic rings. The van der Waals surface area contributed by atoms with Crippen molar-refractivity contribution in [1.82, 2.24) is 0 Å². The van der Waals surface area contributed by atoms with Gasteiger partial charge in [-0.15, -0.1) is 0 Å². The van der Waals surface area contributed by atoms with Crippen molar-refractivity contribution < 1.29 is 19.4 Å². The van der Waals surface area contributed by atoms with Crippen molar-refractivity contribution in [3.05, 3.63) is 22.7 Å². The molecule has 0 amide bonds. The van der Waals surface area contributed by atoms with Crippen LogP contribution >= 0.6 is 11.6 Å². The van der Waals surface area contributed by atoms with Crippen molar-refractivity contribution in [2.45, 2.75) is 6.04 Å². The number of carboxylic acids is 1. The van der Waals surface area contributed by atoms with Gasteiger partial charge in [-0.05, 0) is 6.07 Å². The zero-order valence-electron chi connectivity index (χ0n) is 8.27. The number of hydrogen-bond acceptors (Lipinski definition) is 4. The highest BCUT2D eigenvalue weighted by Crippen LogP contribution is 2.40. The first-order valence-electron chi connectivity index (χ1n) is 4.67. The van der Waals surface area contributed by atoms with E-state index in [1.54, 1.807) is 6.07 Å². The molecule has 6 heteroatoms. The van der Waals surface area contributed by atoms with E-state index in [0.29, 0.717) is 30.3 Å². The number of rotatable bonds is 2. The lowest BCUT2D eigenvalue weighted by atomic mass is 10.1. The predicted molar refractivity (Wildman–Crippen MR) is 57.0 cm³/mol. The van der Waals surface area contributed by atoms with Gasteiger partial charge in [0.2, 0.25) is 0 Å². The molecule has 1 heterocycles. The summed E-state index contributed by atoms with van der Waals surface area (Å²) in [5.74, 6) is -0.265. The molecule has 3 N–H and O–H groups in total. The summed E-state index contributed by atoms with van der Waals surface area (Å²) in [6.07, 6.45) is 0. The monoisotopic (exact) mass is 243 g/mol. The maximum atomic E-state index is 10.8. The molecule has 0 saturated heterocycles. The number of benzene rings is 1. The average molecular weight is 244 g/mol. The minimum Gasteiger partial charge on any atom is -0.486 e. The fraction of sp³-hybridized carbons (Fsp3) is 0.300. The maximum Gasteiger partial charge on any atom is 0.325 e. The minimum atomic E-state index is -1.16. The van der Waals surface area contributed by atoms with Crippen LogP contribution in [0.5, 0.6) is 11.5 Å². The van der Waals surface area contributed by atoms with Crippen LogP contribution < -0.4 is 15.2 Å². The van der Waals surface area contributed by atoms with Gasteiger partial charge in [0.25, 0.3) is 0 Å². The highest BCUT2D eigenvalue weighted by atomic mass is 35.5. The van der Waals surface area contributed by atoms with Gasteiger partial charge in [0, 0.05) is 5.56 Å². The molecule has 16 heavy (non-hydrogen) atoms. The standard InChI is InChI=1S/C10H10ClNO4/c11-7-5(8(12)10(13)14)1-2-6-9(7)16-4-3-15-6/h1-2,8H,3-4,12H2,(H,13,14).